The molecule has 1 unspecified atom stereocenters. The van der Waals surface area contributed by atoms with Gasteiger partial charge in [0, 0.05) is 27.8 Å². The van der Waals surface area contributed by atoms with Gasteiger partial charge in [-0.2, -0.15) is 0 Å². The van der Waals surface area contributed by atoms with Crippen LogP contribution in [0.5, 0.6) is 11.5 Å². The molecule has 0 spiro atoms. The van der Waals surface area contributed by atoms with Gasteiger partial charge in [0.05, 0.1) is 13.0 Å². The molecule has 174 valence electrons. The van der Waals surface area contributed by atoms with E-state index in [1.807, 2.05) is 49.4 Å². The highest BCUT2D eigenvalue weighted by Crippen LogP contribution is 2.37. The van der Waals surface area contributed by atoms with Crippen molar-refractivity contribution in [1.29, 1.82) is 0 Å². The Bertz CT molecular complexity index is 1290. The summed E-state index contributed by atoms with van der Waals surface area (Å²) in [4.78, 5) is 18.1. The zero-order chi connectivity index (χ0) is 24.1. The van der Waals surface area contributed by atoms with Gasteiger partial charge in [-0.25, -0.2) is 4.98 Å². The number of aromatic hydroxyl groups is 1. The third-order valence-corrected chi connectivity index (χ3v) is 5.72. The number of hydrogen-bond acceptors (Lipinski definition) is 5. The first-order chi connectivity index (χ1) is 16.5. The number of methoxy groups -OCH3 is 1. The molecule has 0 aliphatic carbocycles. The van der Waals surface area contributed by atoms with Crippen molar-refractivity contribution < 1.29 is 19.1 Å². The third-order valence-electron chi connectivity index (χ3n) is 5.49. The Labute approximate surface area is 203 Å². The number of hydrogen-bond donors (Lipinski definition) is 2. The average Bonchev–Trinajstić information content (AvgIpc) is 3.27. The summed E-state index contributed by atoms with van der Waals surface area (Å²) in [5.41, 5.74) is 2.49. The number of anilines is 1. The number of oxazole rings is 1. The van der Waals surface area contributed by atoms with Gasteiger partial charge in [-0.05, 0) is 36.8 Å². The van der Waals surface area contributed by atoms with E-state index in [9.17, 15) is 9.90 Å². The lowest BCUT2D eigenvalue weighted by molar-refractivity contribution is -0.117. The van der Waals surface area contributed by atoms with Crippen LogP contribution in [0.2, 0.25) is 5.02 Å². The summed E-state index contributed by atoms with van der Waals surface area (Å²) in [6, 6.07) is 21.6. The normalized spacial score (nSPS) is 11.7. The average molecular weight is 477 g/mol. The van der Waals surface area contributed by atoms with Gasteiger partial charge in [0.2, 0.25) is 17.7 Å². The molecule has 0 saturated heterocycles. The summed E-state index contributed by atoms with van der Waals surface area (Å²) in [6.45, 7) is 1.99. The largest absolute Gasteiger partial charge is 0.508 e. The lowest BCUT2D eigenvalue weighted by atomic mass is 9.92. The number of nitrogens with zero attached hydrogens (tertiary/aromatic N) is 1. The van der Waals surface area contributed by atoms with Crippen LogP contribution in [0.4, 0.5) is 5.88 Å². The fourth-order valence-electron chi connectivity index (χ4n) is 3.80. The van der Waals surface area contributed by atoms with Crippen LogP contribution >= 0.6 is 11.6 Å². The first kappa shape index (κ1) is 23.4. The highest BCUT2D eigenvalue weighted by atomic mass is 35.5. The van der Waals surface area contributed by atoms with Crippen LogP contribution in [-0.2, 0) is 4.79 Å². The maximum absolute atomic E-state index is 13.4. The fourth-order valence-corrected chi connectivity index (χ4v) is 3.99. The maximum atomic E-state index is 13.4. The molecule has 4 rings (SSSR count). The van der Waals surface area contributed by atoms with Crippen LogP contribution in [0, 0.1) is 0 Å². The van der Waals surface area contributed by atoms with E-state index in [0.29, 0.717) is 39.9 Å². The number of benzene rings is 3. The Morgan fingerprint density at radius 2 is 1.85 bits per heavy atom. The van der Waals surface area contributed by atoms with Gasteiger partial charge in [0.1, 0.15) is 17.2 Å². The van der Waals surface area contributed by atoms with Crippen molar-refractivity contribution in [3.05, 3.63) is 83.4 Å². The molecule has 1 atom stereocenters. The van der Waals surface area contributed by atoms with Crippen molar-refractivity contribution in [3.63, 3.8) is 0 Å². The van der Waals surface area contributed by atoms with Crippen LogP contribution in [0.25, 0.3) is 22.7 Å². The molecule has 7 heteroatoms. The zero-order valence-electron chi connectivity index (χ0n) is 18.9. The fraction of sp³-hybridized carbons (Fsp3) is 0.185. The molecule has 1 aromatic heterocycles. The second-order valence-electron chi connectivity index (χ2n) is 7.83. The van der Waals surface area contributed by atoms with Crippen molar-refractivity contribution in [3.8, 4) is 34.2 Å². The molecular weight excluding hydrogens is 452 g/mol. The van der Waals surface area contributed by atoms with Gasteiger partial charge < -0.3 is 14.3 Å². The topological polar surface area (TPSA) is 84.6 Å². The van der Waals surface area contributed by atoms with Crippen LogP contribution in [0.3, 0.4) is 0 Å². The van der Waals surface area contributed by atoms with Gasteiger partial charge in [-0.15, -0.1) is 0 Å². The number of halogens is 1. The van der Waals surface area contributed by atoms with Crippen LogP contribution in [-0.4, -0.2) is 23.1 Å². The minimum absolute atomic E-state index is 0.00515. The van der Waals surface area contributed by atoms with Crippen molar-refractivity contribution in [2.45, 2.75) is 25.7 Å². The molecule has 0 saturated carbocycles. The summed E-state index contributed by atoms with van der Waals surface area (Å²) in [5, 5.41) is 14.0. The number of amides is 1. The Balaban J connectivity index is 1.72. The summed E-state index contributed by atoms with van der Waals surface area (Å²) < 4.78 is 11.2. The molecule has 1 amide bonds. The number of rotatable bonds is 8. The standard InChI is InChI=1S/C27H25ClN2O4/c1-3-8-22(21-14-13-20(33-2)16-23(21)31)25(32)30-27-24(18-11-7-12-19(28)15-18)29-26(34-27)17-9-5-4-6-10-17/h4-7,9-16,22,31H,3,8H2,1-2H3,(H,30,32). The van der Waals surface area contributed by atoms with E-state index in [1.54, 1.807) is 24.3 Å². The first-order valence-electron chi connectivity index (χ1n) is 11.0. The highest BCUT2D eigenvalue weighted by Gasteiger charge is 2.26. The van der Waals surface area contributed by atoms with E-state index in [2.05, 4.69) is 10.3 Å². The molecule has 0 fully saturated rings. The molecule has 0 radical (unpaired) electrons. The van der Waals surface area contributed by atoms with Crippen LogP contribution in [0.15, 0.2) is 77.2 Å². The lowest BCUT2D eigenvalue weighted by Crippen LogP contribution is -2.21. The minimum Gasteiger partial charge on any atom is -0.508 e. The number of phenolic OH excluding ortho intramolecular Hbond substituents is 1. The third kappa shape index (κ3) is 5.07. The Hall–Kier alpha value is -3.77. The number of carbonyl (C=O) groups excluding carboxylic acids is 1. The predicted molar refractivity (Wildman–Crippen MR) is 133 cm³/mol. The molecule has 2 N–H and O–H groups in total. The van der Waals surface area contributed by atoms with Crippen LogP contribution in [0.1, 0.15) is 31.2 Å². The molecule has 0 aliphatic heterocycles. The van der Waals surface area contributed by atoms with Crippen molar-refractivity contribution >= 4 is 23.4 Å². The second-order valence-corrected chi connectivity index (χ2v) is 8.26. The molecule has 1 heterocycles. The molecule has 0 bridgehead atoms. The second kappa shape index (κ2) is 10.4. The Kier molecular flexibility index (Phi) is 7.18. The summed E-state index contributed by atoms with van der Waals surface area (Å²) in [5.74, 6) is 0.230. The smallest absolute Gasteiger partial charge is 0.234 e. The molecule has 0 aliphatic rings. The van der Waals surface area contributed by atoms with Gasteiger partial charge >= 0.3 is 0 Å². The number of nitrogens with one attached hydrogen (secondary N) is 1. The summed E-state index contributed by atoms with van der Waals surface area (Å²) >= 11 is 6.21. The van der Waals surface area contributed by atoms with E-state index in [0.717, 1.165) is 12.0 Å². The molecule has 34 heavy (non-hydrogen) atoms. The molecule has 3 aromatic carbocycles. The molecular formula is C27H25ClN2O4. The van der Waals surface area contributed by atoms with Crippen LogP contribution < -0.4 is 10.1 Å². The number of ether oxygens (including phenoxy) is 1. The Morgan fingerprint density at radius 3 is 2.53 bits per heavy atom. The number of carbonyl (C=O) groups is 1. The number of aromatic nitrogens is 1. The molecule has 6 nitrogen and oxygen atoms in total. The van der Waals surface area contributed by atoms with Crippen molar-refractivity contribution in [1.82, 2.24) is 4.98 Å². The first-order valence-corrected chi connectivity index (χ1v) is 11.4. The van der Waals surface area contributed by atoms with Gasteiger partial charge in [0.25, 0.3) is 0 Å². The van der Waals surface area contributed by atoms with E-state index in [1.165, 1.54) is 13.2 Å². The SMILES string of the molecule is CCCC(C(=O)Nc1oc(-c2ccccc2)nc1-c1cccc(Cl)c1)c1ccc(OC)cc1O. The highest BCUT2D eigenvalue weighted by molar-refractivity contribution is 6.30. The monoisotopic (exact) mass is 476 g/mol. The Morgan fingerprint density at radius 1 is 1.09 bits per heavy atom. The summed E-state index contributed by atoms with van der Waals surface area (Å²) in [7, 11) is 1.52. The van der Waals surface area contributed by atoms with Gasteiger partial charge in [-0.3, -0.25) is 10.1 Å². The van der Waals surface area contributed by atoms with Gasteiger partial charge in [0.15, 0.2) is 0 Å². The van der Waals surface area contributed by atoms with E-state index >= 15 is 0 Å². The number of phenols is 1. The lowest BCUT2D eigenvalue weighted by Gasteiger charge is -2.18. The van der Waals surface area contributed by atoms with Crippen molar-refractivity contribution in [2.75, 3.05) is 12.4 Å². The predicted octanol–water partition coefficient (Wildman–Crippen LogP) is 6.90. The quantitative estimate of drug-likeness (QED) is 0.289. The van der Waals surface area contributed by atoms with E-state index in [-0.39, 0.29) is 17.5 Å². The maximum Gasteiger partial charge on any atom is 0.234 e. The van der Waals surface area contributed by atoms with E-state index in [4.69, 9.17) is 20.8 Å². The van der Waals surface area contributed by atoms with Crippen molar-refractivity contribution in [2.24, 2.45) is 0 Å². The zero-order valence-corrected chi connectivity index (χ0v) is 19.7. The van der Waals surface area contributed by atoms with Gasteiger partial charge in [-0.1, -0.05) is 61.3 Å². The van der Waals surface area contributed by atoms with E-state index < -0.39 is 5.92 Å². The molecule has 4 aromatic rings. The summed E-state index contributed by atoms with van der Waals surface area (Å²) in [6.07, 6.45) is 1.29. The minimum atomic E-state index is -0.589.